The van der Waals surface area contributed by atoms with Gasteiger partial charge in [0, 0.05) is 17.1 Å². The molecule has 0 saturated carbocycles. The third kappa shape index (κ3) is 5.68. The van der Waals surface area contributed by atoms with Crippen molar-refractivity contribution in [1.29, 1.82) is 0 Å². The van der Waals surface area contributed by atoms with Gasteiger partial charge in [-0.15, -0.1) is 11.3 Å². The highest BCUT2D eigenvalue weighted by atomic mass is 32.1. The summed E-state index contributed by atoms with van der Waals surface area (Å²) in [5, 5.41) is 4.97. The molecular formula is C20H28N3O2S+. The Morgan fingerprint density at radius 1 is 1.15 bits per heavy atom. The van der Waals surface area contributed by atoms with Crippen molar-refractivity contribution in [2.75, 3.05) is 32.0 Å². The van der Waals surface area contributed by atoms with E-state index in [1.54, 1.807) is 11.3 Å². The van der Waals surface area contributed by atoms with E-state index in [9.17, 15) is 9.59 Å². The number of carbonyl (C=O) groups is 2. The molecule has 1 atom stereocenters. The lowest BCUT2D eigenvalue weighted by atomic mass is 10.1. The number of aryl methyl sites for hydroxylation is 1. The standard InChI is InChI=1S/C20H27N3O2S/c1-5-23(12-17-9-7-11-26-17)20(25)14-22(4)13-19(24)21-18-10-6-8-15(2)16(18)3/h6-11H,5,12-14H2,1-4H3,(H,21,24)/p+1. The van der Waals surface area contributed by atoms with Crippen molar-refractivity contribution in [1.82, 2.24) is 4.90 Å². The van der Waals surface area contributed by atoms with Crippen LogP contribution < -0.4 is 10.2 Å². The summed E-state index contributed by atoms with van der Waals surface area (Å²) in [4.78, 5) is 28.7. The molecule has 0 aliphatic heterocycles. The number of hydrogen-bond donors (Lipinski definition) is 2. The molecule has 2 aromatic rings. The summed E-state index contributed by atoms with van der Waals surface area (Å²) < 4.78 is 0. The Labute approximate surface area is 159 Å². The topological polar surface area (TPSA) is 53.9 Å². The van der Waals surface area contributed by atoms with Crippen molar-refractivity contribution >= 4 is 28.8 Å². The molecule has 1 heterocycles. The third-order valence-electron chi connectivity index (χ3n) is 4.46. The molecule has 1 unspecified atom stereocenters. The summed E-state index contributed by atoms with van der Waals surface area (Å²) >= 11 is 1.65. The van der Waals surface area contributed by atoms with Gasteiger partial charge in [-0.2, -0.15) is 0 Å². The fraction of sp³-hybridized carbons (Fsp3) is 0.400. The van der Waals surface area contributed by atoms with Crippen LogP contribution in [-0.2, 0) is 16.1 Å². The van der Waals surface area contributed by atoms with Crippen LogP contribution in [0.3, 0.4) is 0 Å². The molecule has 1 aromatic heterocycles. The van der Waals surface area contributed by atoms with Crippen molar-refractivity contribution in [3.8, 4) is 0 Å². The highest BCUT2D eigenvalue weighted by Gasteiger charge is 2.19. The first-order chi connectivity index (χ1) is 12.4. The number of amides is 2. The van der Waals surface area contributed by atoms with Gasteiger partial charge in [-0.05, 0) is 49.4 Å². The fourth-order valence-corrected chi connectivity index (χ4v) is 3.47. The van der Waals surface area contributed by atoms with E-state index in [2.05, 4.69) is 5.32 Å². The Hall–Kier alpha value is -2.18. The zero-order valence-corrected chi connectivity index (χ0v) is 16.8. The summed E-state index contributed by atoms with van der Waals surface area (Å²) in [6.45, 7) is 7.86. The lowest BCUT2D eigenvalue weighted by molar-refractivity contribution is -0.862. The van der Waals surface area contributed by atoms with E-state index in [-0.39, 0.29) is 18.4 Å². The molecule has 140 valence electrons. The number of hydrogen-bond acceptors (Lipinski definition) is 3. The number of anilines is 1. The first-order valence-electron chi connectivity index (χ1n) is 8.88. The lowest BCUT2D eigenvalue weighted by Gasteiger charge is -2.22. The van der Waals surface area contributed by atoms with Gasteiger partial charge < -0.3 is 15.1 Å². The normalized spacial score (nSPS) is 11.8. The SMILES string of the molecule is CCN(Cc1cccs1)C(=O)C[NH+](C)CC(=O)Nc1cccc(C)c1C. The van der Waals surface area contributed by atoms with E-state index in [1.807, 2.05) is 68.4 Å². The van der Waals surface area contributed by atoms with Crippen LogP contribution >= 0.6 is 11.3 Å². The largest absolute Gasteiger partial charge is 0.333 e. The minimum absolute atomic E-state index is 0.0675. The van der Waals surface area contributed by atoms with Crippen molar-refractivity contribution in [3.63, 3.8) is 0 Å². The van der Waals surface area contributed by atoms with Gasteiger partial charge in [0.15, 0.2) is 13.1 Å². The van der Waals surface area contributed by atoms with Gasteiger partial charge in [-0.3, -0.25) is 9.59 Å². The van der Waals surface area contributed by atoms with Crippen LogP contribution in [0.1, 0.15) is 22.9 Å². The highest BCUT2D eigenvalue weighted by Crippen LogP contribution is 2.17. The number of benzene rings is 1. The predicted octanol–water partition coefficient (Wildman–Crippen LogP) is 1.87. The van der Waals surface area contributed by atoms with Gasteiger partial charge in [0.1, 0.15) is 0 Å². The summed E-state index contributed by atoms with van der Waals surface area (Å²) in [5.41, 5.74) is 3.05. The molecule has 5 nitrogen and oxygen atoms in total. The Balaban J connectivity index is 1.86. The Morgan fingerprint density at radius 3 is 2.58 bits per heavy atom. The molecule has 0 spiro atoms. The zero-order valence-electron chi connectivity index (χ0n) is 16.0. The molecule has 0 saturated heterocycles. The molecular weight excluding hydrogens is 346 g/mol. The maximum absolute atomic E-state index is 12.5. The lowest BCUT2D eigenvalue weighted by Crippen LogP contribution is -3.11. The Morgan fingerprint density at radius 2 is 1.92 bits per heavy atom. The summed E-state index contributed by atoms with van der Waals surface area (Å²) in [5.74, 6) is -0.0109. The molecule has 0 bridgehead atoms. The Bertz CT molecular complexity index is 744. The minimum atomic E-state index is -0.0784. The maximum Gasteiger partial charge on any atom is 0.279 e. The third-order valence-corrected chi connectivity index (χ3v) is 5.32. The van der Waals surface area contributed by atoms with Gasteiger partial charge in [-0.25, -0.2) is 0 Å². The number of thiophene rings is 1. The van der Waals surface area contributed by atoms with Crippen LogP contribution in [0.15, 0.2) is 35.7 Å². The van der Waals surface area contributed by atoms with Crippen molar-refractivity contribution in [3.05, 3.63) is 51.7 Å². The second-order valence-corrected chi connectivity index (χ2v) is 7.63. The average molecular weight is 375 g/mol. The van der Waals surface area contributed by atoms with Crippen LogP contribution in [0, 0.1) is 13.8 Å². The Kier molecular flexibility index (Phi) is 7.36. The summed E-state index contributed by atoms with van der Waals surface area (Å²) in [6, 6.07) is 9.89. The van der Waals surface area contributed by atoms with Gasteiger partial charge >= 0.3 is 0 Å². The molecule has 0 aliphatic carbocycles. The van der Waals surface area contributed by atoms with E-state index in [0.29, 0.717) is 19.6 Å². The zero-order chi connectivity index (χ0) is 19.1. The molecule has 2 rings (SSSR count). The molecule has 0 radical (unpaired) electrons. The number of likely N-dealkylation sites (N-methyl/N-ethyl adjacent to an activating group) is 2. The molecule has 6 heteroatoms. The number of nitrogens with one attached hydrogen (secondary N) is 2. The second-order valence-electron chi connectivity index (χ2n) is 6.59. The maximum atomic E-state index is 12.5. The molecule has 1 aromatic carbocycles. The molecule has 26 heavy (non-hydrogen) atoms. The smallest absolute Gasteiger partial charge is 0.279 e. The summed E-state index contributed by atoms with van der Waals surface area (Å²) in [6.07, 6.45) is 0. The van der Waals surface area contributed by atoms with Crippen molar-refractivity contribution < 1.29 is 14.5 Å². The quantitative estimate of drug-likeness (QED) is 0.741. The van der Waals surface area contributed by atoms with E-state index >= 15 is 0 Å². The monoisotopic (exact) mass is 374 g/mol. The van der Waals surface area contributed by atoms with E-state index in [0.717, 1.165) is 21.7 Å². The number of nitrogens with zero attached hydrogens (tertiary/aromatic N) is 1. The first kappa shape index (κ1) is 20.1. The predicted molar refractivity (Wildman–Crippen MR) is 107 cm³/mol. The highest BCUT2D eigenvalue weighted by molar-refractivity contribution is 7.09. The molecule has 2 amide bonds. The van der Waals surface area contributed by atoms with E-state index < -0.39 is 0 Å². The number of carbonyl (C=O) groups excluding carboxylic acids is 2. The molecule has 2 N–H and O–H groups in total. The van der Waals surface area contributed by atoms with Crippen LogP contribution in [0.4, 0.5) is 5.69 Å². The van der Waals surface area contributed by atoms with Gasteiger partial charge in [-0.1, -0.05) is 18.2 Å². The van der Waals surface area contributed by atoms with Gasteiger partial charge in [0.25, 0.3) is 11.8 Å². The molecule has 0 fully saturated rings. The van der Waals surface area contributed by atoms with E-state index in [4.69, 9.17) is 0 Å². The van der Waals surface area contributed by atoms with E-state index in [1.165, 1.54) is 4.88 Å². The van der Waals surface area contributed by atoms with Crippen LogP contribution in [-0.4, -0.2) is 43.4 Å². The molecule has 0 aliphatic rings. The fourth-order valence-electron chi connectivity index (χ4n) is 2.75. The number of quaternary nitrogens is 1. The van der Waals surface area contributed by atoms with Gasteiger partial charge in [0.2, 0.25) is 0 Å². The van der Waals surface area contributed by atoms with Crippen LogP contribution in [0.2, 0.25) is 0 Å². The summed E-state index contributed by atoms with van der Waals surface area (Å²) in [7, 11) is 1.87. The number of rotatable bonds is 8. The van der Waals surface area contributed by atoms with Gasteiger partial charge in [0.05, 0.1) is 13.6 Å². The average Bonchev–Trinajstić information content (AvgIpc) is 3.09. The second kappa shape index (κ2) is 9.50. The first-order valence-corrected chi connectivity index (χ1v) is 9.76. The van der Waals surface area contributed by atoms with Crippen LogP contribution in [0.5, 0.6) is 0 Å². The van der Waals surface area contributed by atoms with Crippen molar-refractivity contribution in [2.45, 2.75) is 27.3 Å². The van der Waals surface area contributed by atoms with Crippen molar-refractivity contribution in [2.24, 2.45) is 0 Å². The van der Waals surface area contributed by atoms with Crippen LogP contribution in [0.25, 0.3) is 0 Å². The minimum Gasteiger partial charge on any atom is -0.333 e.